The number of carbonyl (C=O) groups is 1. The average Bonchev–Trinajstić information content (AvgIpc) is 2.98. The first-order valence-corrected chi connectivity index (χ1v) is 7.84. The van der Waals surface area contributed by atoms with E-state index in [0.717, 1.165) is 19.5 Å². The van der Waals surface area contributed by atoms with Crippen LogP contribution >= 0.6 is 0 Å². The van der Waals surface area contributed by atoms with Crippen LogP contribution in [-0.2, 0) is 11.3 Å². The highest BCUT2D eigenvalue weighted by molar-refractivity contribution is 5.78. The summed E-state index contributed by atoms with van der Waals surface area (Å²) in [6, 6.07) is 0.414. The molecule has 0 unspecified atom stereocenters. The molecule has 0 aliphatic heterocycles. The van der Waals surface area contributed by atoms with Gasteiger partial charge < -0.3 is 9.47 Å². The van der Waals surface area contributed by atoms with Crippen LogP contribution in [0.1, 0.15) is 32.6 Å². The first kappa shape index (κ1) is 15.9. The molecule has 1 heterocycles. The third-order valence-corrected chi connectivity index (χ3v) is 4.57. The summed E-state index contributed by atoms with van der Waals surface area (Å²) in [5.41, 5.74) is 0. The molecule has 118 valence electrons. The molecule has 0 aromatic carbocycles. The molecule has 1 aromatic heterocycles. The van der Waals surface area contributed by atoms with Crippen LogP contribution in [0.25, 0.3) is 0 Å². The third-order valence-electron chi connectivity index (χ3n) is 4.57. The van der Waals surface area contributed by atoms with E-state index in [1.165, 1.54) is 19.3 Å². The quantitative estimate of drug-likeness (QED) is 0.792. The summed E-state index contributed by atoms with van der Waals surface area (Å²) in [7, 11) is 3.95. The predicted molar refractivity (Wildman–Crippen MR) is 81.7 cm³/mol. The van der Waals surface area contributed by atoms with Crippen molar-refractivity contribution in [2.24, 2.45) is 5.92 Å². The molecule has 0 bridgehead atoms. The summed E-state index contributed by atoms with van der Waals surface area (Å²) in [4.78, 5) is 16.4. The van der Waals surface area contributed by atoms with Gasteiger partial charge in [-0.1, -0.05) is 19.8 Å². The SMILES string of the molecule is C[C@H]1CCCC[C@@H]1N(C)C(=O)CN(C)CCn1cnnc1. The second-order valence-electron chi connectivity index (χ2n) is 6.27. The fourth-order valence-corrected chi connectivity index (χ4v) is 3.10. The van der Waals surface area contributed by atoms with E-state index in [4.69, 9.17) is 0 Å². The van der Waals surface area contributed by atoms with Crippen molar-refractivity contribution in [1.29, 1.82) is 0 Å². The van der Waals surface area contributed by atoms with E-state index >= 15 is 0 Å². The molecule has 1 aliphatic carbocycles. The molecule has 1 saturated carbocycles. The largest absolute Gasteiger partial charge is 0.341 e. The normalized spacial score (nSPS) is 22.5. The summed E-state index contributed by atoms with van der Waals surface area (Å²) >= 11 is 0. The molecule has 1 amide bonds. The zero-order valence-electron chi connectivity index (χ0n) is 13.4. The Morgan fingerprint density at radius 3 is 2.57 bits per heavy atom. The van der Waals surface area contributed by atoms with Crippen molar-refractivity contribution < 1.29 is 4.79 Å². The van der Waals surface area contributed by atoms with Gasteiger partial charge in [-0.15, -0.1) is 10.2 Å². The highest BCUT2D eigenvalue weighted by atomic mass is 16.2. The maximum atomic E-state index is 12.4. The minimum Gasteiger partial charge on any atom is -0.341 e. The topological polar surface area (TPSA) is 54.3 Å². The molecule has 6 nitrogen and oxygen atoms in total. The maximum Gasteiger partial charge on any atom is 0.236 e. The van der Waals surface area contributed by atoms with Crippen LogP contribution < -0.4 is 0 Å². The molecule has 1 aromatic rings. The molecule has 0 radical (unpaired) electrons. The molecule has 2 rings (SSSR count). The van der Waals surface area contributed by atoms with Crippen LogP contribution in [-0.4, -0.2) is 63.7 Å². The molecule has 2 atom stereocenters. The second-order valence-corrected chi connectivity index (χ2v) is 6.27. The number of hydrogen-bond acceptors (Lipinski definition) is 4. The Bertz CT molecular complexity index is 433. The van der Waals surface area contributed by atoms with Crippen LogP contribution in [0.5, 0.6) is 0 Å². The zero-order valence-corrected chi connectivity index (χ0v) is 13.4. The fourth-order valence-electron chi connectivity index (χ4n) is 3.10. The van der Waals surface area contributed by atoms with Crippen LogP contribution in [0.3, 0.4) is 0 Å². The Kier molecular flexibility index (Phi) is 5.73. The Labute approximate surface area is 127 Å². The second kappa shape index (κ2) is 7.54. The molecule has 6 heteroatoms. The first-order chi connectivity index (χ1) is 10.1. The lowest BCUT2D eigenvalue weighted by Gasteiger charge is -2.37. The van der Waals surface area contributed by atoms with Crippen molar-refractivity contribution >= 4 is 5.91 Å². The molecule has 1 fully saturated rings. The summed E-state index contributed by atoms with van der Waals surface area (Å²) in [5, 5.41) is 7.56. The van der Waals surface area contributed by atoms with Crippen LogP contribution in [0.4, 0.5) is 0 Å². The predicted octanol–water partition coefficient (Wildman–Crippen LogP) is 1.25. The Morgan fingerprint density at radius 2 is 1.90 bits per heavy atom. The number of nitrogens with zero attached hydrogens (tertiary/aromatic N) is 5. The number of aromatic nitrogens is 3. The van der Waals surface area contributed by atoms with Crippen LogP contribution in [0, 0.1) is 5.92 Å². The molecule has 0 N–H and O–H groups in total. The smallest absolute Gasteiger partial charge is 0.236 e. The summed E-state index contributed by atoms with van der Waals surface area (Å²) in [6.45, 7) is 4.36. The van der Waals surface area contributed by atoms with Gasteiger partial charge in [0, 0.05) is 26.2 Å². The molecular weight excluding hydrogens is 266 g/mol. The lowest BCUT2D eigenvalue weighted by atomic mass is 9.85. The van der Waals surface area contributed by atoms with E-state index < -0.39 is 0 Å². The van der Waals surface area contributed by atoms with Gasteiger partial charge in [0.15, 0.2) is 0 Å². The van der Waals surface area contributed by atoms with Gasteiger partial charge in [-0.05, 0) is 25.8 Å². The van der Waals surface area contributed by atoms with E-state index in [9.17, 15) is 4.79 Å². The van der Waals surface area contributed by atoms with E-state index in [1.54, 1.807) is 12.7 Å². The fraction of sp³-hybridized carbons (Fsp3) is 0.800. The monoisotopic (exact) mass is 293 g/mol. The first-order valence-electron chi connectivity index (χ1n) is 7.84. The van der Waals surface area contributed by atoms with Crippen molar-refractivity contribution in [1.82, 2.24) is 24.6 Å². The van der Waals surface area contributed by atoms with Crippen molar-refractivity contribution in [3.05, 3.63) is 12.7 Å². The third kappa shape index (κ3) is 4.52. The van der Waals surface area contributed by atoms with E-state index in [0.29, 0.717) is 18.5 Å². The lowest BCUT2D eigenvalue weighted by molar-refractivity contribution is -0.134. The lowest BCUT2D eigenvalue weighted by Crippen LogP contribution is -2.46. The Morgan fingerprint density at radius 1 is 1.24 bits per heavy atom. The summed E-state index contributed by atoms with van der Waals surface area (Å²) < 4.78 is 1.92. The Balaban J connectivity index is 1.76. The van der Waals surface area contributed by atoms with Crippen molar-refractivity contribution in [2.45, 2.75) is 45.2 Å². The van der Waals surface area contributed by atoms with Crippen molar-refractivity contribution in [3.63, 3.8) is 0 Å². The summed E-state index contributed by atoms with van der Waals surface area (Å²) in [5.74, 6) is 0.843. The van der Waals surface area contributed by atoms with Gasteiger partial charge in [0.25, 0.3) is 0 Å². The summed E-state index contributed by atoms with van der Waals surface area (Å²) in [6.07, 6.45) is 8.34. The Hall–Kier alpha value is -1.43. The molecule has 0 saturated heterocycles. The number of carbonyl (C=O) groups excluding carboxylic acids is 1. The van der Waals surface area contributed by atoms with Gasteiger partial charge in [0.2, 0.25) is 5.91 Å². The van der Waals surface area contributed by atoms with Crippen molar-refractivity contribution in [2.75, 3.05) is 27.2 Å². The number of likely N-dealkylation sites (N-methyl/N-ethyl adjacent to an activating group) is 2. The number of hydrogen-bond donors (Lipinski definition) is 0. The molecular formula is C15H27N5O. The van der Waals surface area contributed by atoms with Gasteiger partial charge in [0.05, 0.1) is 6.54 Å². The van der Waals surface area contributed by atoms with Crippen LogP contribution in [0.15, 0.2) is 12.7 Å². The van der Waals surface area contributed by atoms with E-state index in [2.05, 4.69) is 22.0 Å². The van der Waals surface area contributed by atoms with Gasteiger partial charge in [-0.2, -0.15) is 0 Å². The van der Waals surface area contributed by atoms with Crippen LogP contribution in [0.2, 0.25) is 0 Å². The minimum atomic E-state index is 0.222. The standard InChI is InChI=1S/C15H27N5O/c1-13-6-4-5-7-14(13)19(3)15(21)10-18(2)8-9-20-11-16-17-12-20/h11-14H,4-10H2,1-3H3/t13-,14-/m0/s1. The average molecular weight is 293 g/mol. The molecule has 21 heavy (non-hydrogen) atoms. The van der Waals surface area contributed by atoms with Gasteiger partial charge in [-0.3, -0.25) is 9.69 Å². The minimum absolute atomic E-state index is 0.222. The van der Waals surface area contributed by atoms with Crippen molar-refractivity contribution in [3.8, 4) is 0 Å². The highest BCUT2D eigenvalue weighted by Gasteiger charge is 2.27. The molecule has 1 aliphatic rings. The number of amides is 1. The van der Waals surface area contributed by atoms with Gasteiger partial charge >= 0.3 is 0 Å². The number of rotatable bonds is 6. The maximum absolute atomic E-state index is 12.4. The van der Waals surface area contributed by atoms with E-state index in [-0.39, 0.29) is 5.91 Å². The zero-order chi connectivity index (χ0) is 15.2. The van der Waals surface area contributed by atoms with Gasteiger partial charge in [0.1, 0.15) is 12.7 Å². The van der Waals surface area contributed by atoms with Gasteiger partial charge in [-0.25, -0.2) is 0 Å². The van der Waals surface area contributed by atoms with E-state index in [1.807, 2.05) is 23.6 Å². The molecule has 0 spiro atoms. The highest BCUT2D eigenvalue weighted by Crippen LogP contribution is 2.27.